The summed E-state index contributed by atoms with van der Waals surface area (Å²) in [5.74, 6) is 0.424. The average molecular weight is 377 g/mol. The Bertz CT molecular complexity index is 996. The summed E-state index contributed by atoms with van der Waals surface area (Å²) in [5, 5.41) is 11.0. The van der Waals surface area contributed by atoms with Crippen molar-refractivity contribution in [1.29, 1.82) is 5.26 Å². The number of thiazole rings is 1. The highest BCUT2D eigenvalue weighted by molar-refractivity contribution is 7.22. The number of hydrogen-bond donors (Lipinski definition) is 1. The van der Waals surface area contributed by atoms with Gasteiger partial charge in [-0.2, -0.15) is 5.26 Å². The Morgan fingerprint density at radius 3 is 2.58 bits per heavy atom. The first-order valence-corrected chi connectivity index (χ1v) is 8.75. The fraction of sp³-hybridized carbons (Fsp3) is 0.235. The van der Waals surface area contributed by atoms with Crippen molar-refractivity contribution in [3.63, 3.8) is 0 Å². The van der Waals surface area contributed by atoms with Gasteiger partial charge in [-0.25, -0.2) is 9.97 Å². The smallest absolute Gasteiger partial charge is 0.143 e. The summed E-state index contributed by atoms with van der Waals surface area (Å²) in [5.41, 5.74) is 8.22. The van der Waals surface area contributed by atoms with Crippen LogP contribution in [0.15, 0.2) is 18.3 Å². The standard InChI is InChI=1S/C17H14Cl2N4S/c1-17(2,3)12-8(7-20)6-9(18)11(13(12)19)16-23-10-4-5-22-15(21)14(10)24-16/h4-6H,1-3H3,(H2,21,22). The molecule has 2 heterocycles. The van der Waals surface area contributed by atoms with Crippen molar-refractivity contribution in [3.8, 4) is 16.6 Å². The van der Waals surface area contributed by atoms with Gasteiger partial charge in [0.1, 0.15) is 10.8 Å². The third-order valence-electron chi connectivity index (χ3n) is 3.63. The Labute approximate surface area is 153 Å². The van der Waals surface area contributed by atoms with Crippen LogP contribution in [0.1, 0.15) is 31.9 Å². The molecular formula is C17H14Cl2N4S. The van der Waals surface area contributed by atoms with Crippen molar-refractivity contribution >= 4 is 50.6 Å². The molecule has 3 rings (SSSR count). The highest BCUT2D eigenvalue weighted by atomic mass is 35.5. The van der Waals surface area contributed by atoms with Gasteiger partial charge in [0.05, 0.1) is 31.9 Å². The molecule has 2 aromatic heterocycles. The molecule has 0 unspecified atom stereocenters. The topological polar surface area (TPSA) is 75.6 Å². The number of halogens is 2. The van der Waals surface area contributed by atoms with Gasteiger partial charge < -0.3 is 5.73 Å². The summed E-state index contributed by atoms with van der Waals surface area (Å²) in [6.45, 7) is 6.02. The molecule has 2 N–H and O–H groups in total. The Hall–Kier alpha value is -1.87. The van der Waals surface area contributed by atoms with Crippen LogP contribution in [-0.2, 0) is 5.41 Å². The van der Waals surface area contributed by atoms with Crippen LogP contribution in [0.3, 0.4) is 0 Å². The third kappa shape index (κ3) is 2.71. The lowest BCUT2D eigenvalue weighted by Crippen LogP contribution is -2.15. The van der Waals surface area contributed by atoms with Gasteiger partial charge in [-0.15, -0.1) is 11.3 Å². The van der Waals surface area contributed by atoms with E-state index in [0.29, 0.717) is 32.0 Å². The van der Waals surface area contributed by atoms with Crippen molar-refractivity contribution < 1.29 is 0 Å². The summed E-state index contributed by atoms with van der Waals surface area (Å²) < 4.78 is 0.793. The minimum atomic E-state index is -0.307. The first-order valence-electron chi connectivity index (χ1n) is 7.18. The highest BCUT2D eigenvalue weighted by Crippen LogP contribution is 2.45. The average Bonchev–Trinajstić information content (AvgIpc) is 2.90. The number of nitriles is 1. The van der Waals surface area contributed by atoms with Crippen LogP contribution in [0.2, 0.25) is 10.0 Å². The maximum absolute atomic E-state index is 9.44. The van der Waals surface area contributed by atoms with Gasteiger partial charge in [0, 0.05) is 11.8 Å². The molecule has 0 aliphatic carbocycles. The monoisotopic (exact) mass is 376 g/mol. The fourth-order valence-corrected chi connectivity index (χ4v) is 4.68. The van der Waals surface area contributed by atoms with Crippen molar-refractivity contribution in [2.24, 2.45) is 0 Å². The van der Waals surface area contributed by atoms with E-state index in [2.05, 4.69) is 16.0 Å². The molecule has 0 saturated carbocycles. The zero-order valence-electron chi connectivity index (χ0n) is 13.3. The maximum atomic E-state index is 9.44. The molecule has 0 saturated heterocycles. The van der Waals surface area contributed by atoms with E-state index in [4.69, 9.17) is 28.9 Å². The molecule has 3 aromatic rings. The molecule has 0 spiro atoms. The van der Waals surface area contributed by atoms with Gasteiger partial charge in [-0.1, -0.05) is 44.0 Å². The lowest BCUT2D eigenvalue weighted by atomic mass is 9.83. The normalized spacial score (nSPS) is 11.7. The van der Waals surface area contributed by atoms with Gasteiger partial charge in [-0.3, -0.25) is 0 Å². The number of pyridine rings is 1. The first kappa shape index (κ1) is 17.0. The number of nitrogens with zero attached hydrogens (tertiary/aromatic N) is 3. The SMILES string of the molecule is CC(C)(C)c1c(C#N)cc(Cl)c(-c2nc3ccnc(N)c3s2)c1Cl. The van der Waals surface area contributed by atoms with Gasteiger partial charge in [0.25, 0.3) is 0 Å². The molecule has 4 nitrogen and oxygen atoms in total. The van der Waals surface area contributed by atoms with E-state index in [1.807, 2.05) is 20.8 Å². The molecule has 1 aromatic carbocycles. The van der Waals surface area contributed by atoms with E-state index >= 15 is 0 Å². The molecule has 0 atom stereocenters. The number of anilines is 1. The van der Waals surface area contributed by atoms with E-state index < -0.39 is 0 Å². The number of nitrogens with two attached hydrogens (primary N) is 1. The Balaban J connectivity index is 2.35. The molecule has 0 fully saturated rings. The number of fused-ring (bicyclic) bond motifs is 1. The summed E-state index contributed by atoms with van der Waals surface area (Å²) in [6, 6.07) is 5.63. The summed E-state index contributed by atoms with van der Waals surface area (Å²) in [4.78, 5) is 8.67. The second kappa shape index (κ2) is 5.89. The number of benzene rings is 1. The summed E-state index contributed by atoms with van der Waals surface area (Å²) >= 11 is 14.5. The summed E-state index contributed by atoms with van der Waals surface area (Å²) in [7, 11) is 0. The molecule has 7 heteroatoms. The van der Waals surface area contributed by atoms with Gasteiger partial charge in [0.15, 0.2) is 0 Å². The largest absolute Gasteiger partial charge is 0.382 e. The number of aromatic nitrogens is 2. The first-order chi connectivity index (χ1) is 11.2. The van der Waals surface area contributed by atoms with Crippen LogP contribution in [0.25, 0.3) is 20.8 Å². The van der Waals surface area contributed by atoms with Crippen LogP contribution < -0.4 is 5.73 Å². The lowest BCUT2D eigenvalue weighted by Gasteiger charge is -2.24. The van der Waals surface area contributed by atoms with Crippen LogP contribution >= 0.6 is 34.5 Å². The lowest BCUT2D eigenvalue weighted by molar-refractivity contribution is 0.589. The van der Waals surface area contributed by atoms with Crippen LogP contribution in [0.4, 0.5) is 5.82 Å². The Morgan fingerprint density at radius 1 is 1.29 bits per heavy atom. The van der Waals surface area contributed by atoms with Crippen LogP contribution in [0, 0.1) is 11.3 Å². The highest BCUT2D eigenvalue weighted by Gasteiger charge is 2.27. The maximum Gasteiger partial charge on any atom is 0.143 e. The van der Waals surface area contributed by atoms with E-state index in [1.54, 1.807) is 18.3 Å². The van der Waals surface area contributed by atoms with Crippen LogP contribution in [0.5, 0.6) is 0 Å². The molecule has 24 heavy (non-hydrogen) atoms. The Morgan fingerprint density at radius 2 is 2.00 bits per heavy atom. The van der Waals surface area contributed by atoms with Crippen molar-refractivity contribution in [2.75, 3.05) is 5.73 Å². The zero-order valence-corrected chi connectivity index (χ0v) is 15.6. The van der Waals surface area contributed by atoms with E-state index in [0.717, 1.165) is 15.8 Å². The van der Waals surface area contributed by atoms with E-state index in [1.165, 1.54) is 11.3 Å². The van der Waals surface area contributed by atoms with E-state index in [-0.39, 0.29) is 5.41 Å². The van der Waals surface area contributed by atoms with E-state index in [9.17, 15) is 5.26 Å². The number of hydrogen-bond acceptors (Lipinski definition) is 5. The van der Waals surface area contributed by atoms with Gasteiger partial charge in [-0.05, 0) is 23.1 Å². The van der Waals surface area contributed by atoms with Crippen LogP contribution in [-0.4, -0.2) is 9.97 Å². The minimum Gasteiger partial charge on any atom is -0.382 e. The van der Waals surface area contributed by atoms with Gasteiger partial charge in [0.2, 0.25) is 0 Å². The number of nitrogen functional groups attached to an aromatic ring is 1. The fourth-order valence-electron chi connectivity index (χ4n) is 2.62. The summed E-state index contributed by atoms with van der Waals surface area (Å²) in [6.07, 6.45) is 1.61. The minimum absolute atomic E-state index is 0.307. The number of rotatable bonds is 1. The predicted molar refractivity (Wildman–Crippen MR) is 101 cm³/mol. The molecule has 0 aliphatic rings. The zero-order chi connectivity index (χ0) is 17.6. The van der Waals surface area contributed by atoms with Gasteiger partial charge >= 0.3 is 0 Å². The molecular weight excluding hydrogens is 363 g/mol. The molecule has 0 bridgehead atoms. The predicted octanol–water partition coefficient (Wildman–Crippen LogP) is 5.42. The quantitative estimate of drug-likeness (QED) is 0.615. The second-order valence-electron chi connectivity index (χ2n) is 6.40. The molecule has 0 amide bonds. The third-order valence-corrected chi connectivity index (χ3v) is 5.42. The van der Waals surface area contributed by atoms with Crippen molar-refractivity contribution in [1.82, 2.24) is 9.97 Å². The van der Waals surface area contributed by atoms with Crippen molar-refractivity contribution in [2.45, 2.75) is 26.2 Å². The molecule has 122 valence electrons. The molecule has 0 aliphatic heterocycles. The molecule has 0 radical (unpaired) electrons. The second-order valence-corrected chi connectivity index (χ2v) is 8.18. The van der Waals surface area contributed by atoms with Crippen molar-refractivity contribution in [3.05, 3.63) is 39.5 Å². The Kier molecular flexibility index (Phi) is 4.16.